The van der Waals surface area contributed by atoms with E-state index >= 15 is 0 Å². The van der Waals surface area contributed by atoms with Crippen LogP contribution in [0.5, 0.6) is 5.75 Å². The normalized spacial score (nSPS) is 18.4. The van der Waals surface area contributed by atoms with Gasteiger partial charge in [0.15, 0.2) is 0 Å². The van der Waals surface area contributed by atoms with Gasteiger partial charge in [0.1, 0.15) is 11.6 Å². The number of methoxy groups -OCH3 is 1. The molecule has 1 aliphatic heterocycles. The SMILES string of the molecule is COc1ccc(CN2CCN(Cc3ccccc3F)C[C@@H]2CCO)c(C)c1C. The zero-order chi connectivity index (χ0) is 20.1. The van der Waals surface area contributed by atoms with E-state index in [0.29, 0.717) is 6.54 Å². The van der Waals surface area contributed by atoms with E-state index < -0.39 is 0 Å². The van der Waals surface area contributed by atoms with Crippen LogP contribution in [0.15, 0.2) is 36.4 Å². The molecule has 5 heteroatoms. The summed E-state index contributed by atoms with van der Waals surface area (Å²) >= 11 is 0. The zero-order valence-electron chi connectivity index (χ0n) is 17.1. The maximum Gasteiger partial charge on any atom is 0.127 e. The lowest BCUT2D eigenvalue weighted by Crippen LogP contribution is -2.52. The van der Waals surface area contributed by atoms with Crippen LogP contribution in [0.4, 0.5) is 4.39 Å². The van der Waals surface area contributed by atoms with Crippen LogP contribution in [0.3, 0.4) is 0 Å². The molecule has 1 aliphatic rings. The first kappa shape index (κ1) is 20.8. The fraction of sp³-hybridized carbons (Fsp3) is 0.478. The maximum absolute atomic E-state index is 14.0. The molecule has 0 radical (unpaired) electrons. The topological polar surface area (TPSA) is 35.9 Å². The highest BCUT2D eigenvalue weighted by atomic mass is 19.1. The van der Waals surface area contributed by atoms with Crippen LogP contribution in [-0.2, 0) is 13.1 Å². The van der Waals surface area contributed by atoms with Gasteiger partial charge in [0.2, 0.25) is 0 Å². The first-order valence-electron chi connectivity index (χ1n) is 9.97. The molecule has 1 heterocycles. The van der Waals surface area contributed by atoms with Crippen molar-refractivity contribution in [2.75, 3.05) is 33.4 Å². The molecular formula is C23H31FN2O2. The van der Waals surface area contributed by atoms with Crippen LogP contribution in [0, 0.1) is 19.7 Å². The molecule has 1 N–H and O–H groups in total. The monoisotopic (exact) mass is 386 g/mol. The molecule has 0 unspecified atom stereocenters. The number of hydrogen-bond acceptors (Lipinski definition) is 4. The van der Waals surface area contributed by atoms with E-state index in [0.717, 1.165) is 43.9 Å². The smallest absolute Gasteiger partial charge is 0.127 e. The fourth-order valence-corrected chi connectivity index (χ4v) is 4.06. The highest BCUT2D eigenvalue weighted by molar-refractivity contribution is 5.43. The van der Waals surface area contributed by atoms with E-state index in [2.05, 4.69) is 29.7 Å². The number of aliphatic hydroxyl groups excluding tert-OH is 1. The minimum absolute atomic E-state index is 0.145. The van der Waals surface area contributed by atoms with E-state index in [-0.39, 0.29) is 18.5 Å². The van der Waals surface area contributed by atoms with Crippen molar-refractivity contribution in [2.45, 2.75) is 39.4 Å². The Kier molecular flexibility index (Phi) is 7.05. The Bertz CT molecular complexity index is 796. The summed E-state index contributed by atoms with van der Waals surface area (Å²) in [5.41, 5.74) is 4.47. The third-order valence-electron chi connectivity index (χ3n) is 5.95. The Morgan fingerprint density at radius 3 is 2.54 bits per heavy atom. The van der Waals surface area contributed by atoms with E-state index in [1.807, 2.05) is 18.2 Å². The largest absolute Gasteiger partial charge is 0.496 e. The summed E-state index contributed by atoms with van der Waals surface area (Å²) < 4.78 is 19.4. The number of rotatable bonds is 7. The van der Waals surface area contributed by atoms with Crippen LogP contribution in [0.2, 0.25) is 0 Å². The molecule has 0 saturated carbocycles. The fourth-order valence-electron chi connectivity index (χ4n) is 4.06. The van der Waals surface area contributed by atoms with Crippen LogP contribution >= 0.6 is 0 Å². The molecule has 1 atom stereocenters. The number of ether oxygens (including phenoxy) is 1. The van der Waals surface area contributed by atoms with Gasteiger partial charge in [-0.25, -0.2) is 4.39 Å². The highest BCUT2D eigenvalue weighted by Crippen LogP contribution is 2.26. The standard InChI is InChI=1S/C23H31FN2O2/c1-17-18(2)23(28-3)9-8-19(17)15-26-12-11-25(16-21(26)10-13-27)14-20-6-4-5-7-22(20)24/h4-9,21,27H,10-16H2,1-3H3/t21-/m0/s1. The van der Waals surface area contributed by atoms with Gasteiger partial charge in [0.05, 0.1) is 7.11 Å². The van der Waals surface area contributed by atoms with Gasteiger partial charge in [0.25, 0.3) is 0 Å². The molecule has 28 heavy (non-hydrogen) atoms. The highest BCUT2D eigenvalue weighted by Gasteiger charge is 2.27. The van der Waals surface area contributed by atoms with E-state index in [9.17, 15) is 9.50 Å². The molecule has 0 amide bonds. The molecule has 2 aromatic carbocycles. The number of piperazine rings is 1. The van der Waals surface area contributed by atoms with Crippen molar-refractivity contribution in [3.63, 3.8) is 0 Å². The molecule has 0 spiro atoms. The number of halogens is 1. The molecule has 1 saturated heterocycles. The van der Waals surface area contributed by atoms with Crippen LogP contribution in [-0.4, -0.2) is 54.3 Å². The molecule has 0 aliphatic carbocycles. The van der Waals surface area contributed by atoms with Gasteiger partial charge >= 0.3 is 0 Å². The van der Waals surface area contributed by atoms with Crippen molar-refractivity contribution in [1.82, 2.24) is 9.80 Å². The molecule has 3 rings (SSSR count). The zero-order valence-corrected chi connectivity index (χ0v) is 17.1. The Morgan fingerprint density at radius 2 is 1.82 bits per heavy atom. The molecule has 0 bridgehead atoms. The number of hydrogen-bond donors (Lipinski definition) is 1. The number of nitrogens with zero attached hydrogens (tertiary/aromatic N) is 2. The summed E-state index contributed by atoms with van der Waals surface area (Å²) in [6, 6.07) is 11.4. The lowest BCUT2D eigenvalue weighted by atomic mass is 10.00. The van der Waals surface area contributed by atoms with Crippen LogP contribution in [0.1, 0.15) is 28.7 Å². The van der Waals surface area contributed by atoms with Crippen molar-refractivity contribution in [3.05, 3.63) is 64.5 Å². The average molecular weight is 387 g/mol. The minimum atomic E-state index is -0.145. The van der Waals surface area contributed by atoms with Gasteiger partial charge in [-0.1, -0.05) is 24.3 Å². The predicted octanol–water partition coefficient (Wildman–Crippen LogP) is 3.52. The lowest BCUT2D eigenvalue weighted by Gasteiger charge is -2.41. The lowest BCUT2D eigenvalue weighted by molar-refractivity contribution is 0.0493. The molecule has 1 fully saturated rings. The van der Waals surface area contributed by atoms with E-state index in [1.54, 1.807) is 13.2 Å². The second-order valence-corrected chi connectivity index (χ2v) is 7.64. The third kappa shape index (κ3) is 4.72. The molecule has 0 aromatic heterocycles. The molecule has 4 nitrogen and oxygen atoms in total. The van der Waals surface area contributed by atoms with Crippen LogP contribution < -0.4 is 4.74 Å². The Balaban J connectivity index is 1.70. The van der Waals surface area contributed by atoms with E-state index in [4.69, 9.17) is 4.74 Å². The summed E-state index contributed by atoms with van der Waals surface area (Å²) in [5, 5.41) is 9.57. The van der Waals surface area contributed by atoms with Crippen molar-refractivity contribution in [3.8, 4) is 5.75 Å². The second-order valence-electron chi connectivity index (χ2n) is 7.64. The quantitative estimate of drug-likeness (QED) is 0.790. The first-order valence-corrected chi connectivity index (χ1v) is 9.97. The average Bonchev–Trinajstić information content (AvgIpc) is 2.69. The number of benzene rings is 2. The summed E-state index contributed by atoms with van der Waals surface area (Å²) in [4.78, 5) is 4.74. The summed E-state index contributed by atoms with van der Waals surface area (Å²) in [6.07, 6.45) is 0.724. The van der Waals surface area contributed by atoms with Crippen LogP contribution in [0.25, 0.3) is 0 Å². The van der Waals surface area contributed by atoms with Crippen molar-refractivity contribution >= 4 is 0 Å². The van der Waals surface area contributed by atoms with Crippen molar-refractivity contribution < 1.29 is 14.2 Å². The third-order valence-corrected chi connectivity index (χ3v) is 5.95. The maximum atomic E-state index is 14.0. The molecule has 2 aromatic rings. The Morgan fingerprint density at radius 1 is 1.04 bits per heavy atom. The van der Waals surface area contributed by atoms with Gasteiger partial charge in [-0.05, 0) is 49.1 Å². The number of aliphatic hydroxyl groups is 1. The van der Waals surface area contributed by atoms with E-state index in [1.165, 1.54) is 22.8 Å². The van der Waals surface area contributed by atoms with Gasteiger partial charge < -0.3 is 9.84 Å². The summed E-state index contributed by atoms with van der Waals surface area (Å²) in [7, 11) is 1.70. The summed E-state index contributed by atoms with van der Waals surface area (Å²) in [5.74, 6) is 0.774. The van der Waals surface area contributed by atoms with Gasteiger partial charge in [-0.3, -0.25) is 9.80 Å². The Hall–Kier alpha value is -1.95. The summed E-state index contributed by atoms with van der Waals surface area (Å²) in [6.45, 7) is 8.50. The Labute approximate surface area is 167 Å². The van der Waals surface area contributed by atoms with Gasteiger partial charge in [-0.2, -0.15) is 0 Å². The van der Waals surface area contributed by atoms with Crippen molar-refractivity contribution in [1.29, 1.82) is 0 Å². The van der Waals surface area contributed by atoms with Gasteiger partial charge in [-0.15, -0.1) is 0 Å². The second kappa shape index (κ2) is 9.50. The van der Waals surface area contributed by atoms with Gasteiger partial charge in [0, 0.05) is 50.9 Å². The molecule has 152 valence electrons. The minimum Gasteiger partial charge on any atom is -0.496 e. The predicted molar refractivity (Wildman–Crippen MR) is 110 cm³/mol. The molecular weight excluding hydrogens is 355 g/mol. The first-order chi connectivity index (χ1) is 13.5. The van der Waals surface area contributed by atoms with Crippen molar-refractivity contribution in [2.24, 2.45) is 0 Å².